The minimum Gasteiger partial charge on any atom is -0.469 e. The fourth-order valence-electron chi connectivity index (χ4n) is 4.02. The summed E-state index contributed by atoms with van der Waals surface area (Å²) in [7, 11) is 0. The largest absolute Gasteiger partial charge is 0.469 e. The highest BCUT2D eigenvalue weighted by Gasteiger charge is 2.43. The van der Waals surface area contributed by atoms with Gasteiger partial charge in [0, 0.05) is 18.0 Å². The quantitative estimate of drug-likeness (QED) is 0.752. The van der Waals surface area contributed by atoms with E-state index in [0.717, 1.165) is 17.0 Å². The van der Waals surface area contributed by atoms with Crippen molar-refractivity contribution >= 4 is 11.7 Å². The zero-order chi connectivity index (χ0) is 18.5. The lowest BCUT2D eigenvalue weighted by atomic mass is 9.77. The molecule has 0 fully saturated rings. The van der Waals surface area contributed by atoms with E-state index in [9.17, 15) is 9.18 Å². The molecule has 0 spiro atoms. The van der Waals surface area contributed by atoms with Crippen LogP contribution in [0.1, 0.15) is 35.5 Å². The van der Waals surface area contributed by atoms with Crippen molar-refractivity contribution < 1.29 is 13.6 Å². The maximum atomic E-state index is 13.4. The zero-order valence-corrected chi connectivity index (χ0v) is 14.6. The van der Waals surface area contributed by atoms with Crippen LogP contribution in [0.5, 0.6) is 0 Å². The van der Waals surface area contributed by atoms with Crippen molar-refractivity contribution in [3.63, 3.8) is 0 Å². The minimum absolute atomic E-state index is 0.0922. The van der Waals surface area contributed by atoms with Crippen molar-refractivity contribution in [3.8, 4) is 0 Å². The molecule has 27 heavy (non-hydrogen) atoms. The summed E-state index contributed by atoms with van der Waals surface area (Å²) in [6, 6.07) is 9.55. The number of aryl methyl sites for hydroxylation is 1. The molecule has 3 aromatic rings. The van der Waals surface area contributed by atoms with Gasteiger partial charge in [-0.1, -0.05) is 18.2 Å². The van der Waals surface area contributed by atoms with Crippen molar-refractivity contribution in [1.29, 1.82) is 0 Å². The van der Waals surface area contributed by atoms with Gasteiger partial charge in [0.1, 0.15) is 23.2 Å². The molecule has 2 aliphatic rings. The molecule has 2 aromatic heterocycles. The number of hydrogen-bond donors (Lipinski definition) is 1. The average molecular weight is 364 g/mol. The Morgan fingerprint density at radius 1 is 1.26 bits per heavy atom. The second-order valence-corrected chi connectivity index (χ2v) is 6.94. The molecule has 0 bridgehead atoms. The number of fused-ring (bicyclic) bond motifs is 2. The first-order chi connectivity index (χ1) is 13.1. The molecule has 0 unspecified atom stereocenters. The van der Waals surface area contributed by atoms with E-state index in [0.29, 0.717) is 18.2 Å². The van der Waals surface area contributed by atoms with E-state index >= 15 is 0 Å². The minimum atomic E-state index is -0.421. The van der Waals surface area contributed by atoms with Crippen molar-refractivity contribution in [3.05, 3.63) is 77.4 Å². The van der Waals surface area contributed by atoms with Crippen LogP contribution in [0.2, 0.25) is 0 Å². The maximum Gasteiger partial charge on any atom is 0.226 e. The summed E-state index contributed by atoms with van der Waals surface area (Å²) >= 11 is 0. The second-order valence-electron chi connectivity index (χ2n) is 6.94. The number of furan rings is 1. The Morgan fingerprint density at radius 3 is 2.81 bits per heavy atom. The highest BCUT2D eigenvalue weighted by molar-refractivity contribution is 5.88. The van der Waals surface area contributed by atoms with Gasteiger partial charge in [0.15, 0.2) is 0 Å². The number of Topliss-reactive ketones (excluding diaryl/α,β-unsaturated/α-hetero) is 1. The predicted octanol–water partition coefficient (Wildman–Crippen LogP) is 3.59. The third-order valence-corrected chi connectivity index (χ3v) is 5.18. The van der Waals surface area contributed by atoms with Gasteiger partial charge in [-0.15, -0.1) is 0 Å². The number of benzene rings is 1. The molecule has 0 radical (unpaired) electrons. The van der Waals surface area contributed by atoms with E-state index in [1.54, 1.807) is 30.0 Å². The monoisotopic (exact) mass is 364 g/mol. The topological polar surface area (TPSA) is 73.0 Å². The fraction of sp³-hybridized carbons (Fsp3) is 0.250. The van der Waals surface area contributed by atoms with E-state index in [4.69, 9.17) is 4.42 Å². The Bertz CT molecular complexity index is 1040. The smallest absolute Gasteiger partial charge is 0.226 e. The summed E-state index contributed by atoms with van der Waals surface area (Å²) in [6.07, 6.45) is 4.00. The fourth-order valence-corrected chi connectivity index (χ4v) is 4.02. The Labute approximate surface area is 154 Å². The van der Waals surface area contributed by atoms with Gasteiger partial charge in [-0.3, -0.25) is 4.79 Å². The average Bonchev–Trinajstić information content (AvgIpc) is 3.29. The Morgan fingerprint density at radius 2 is 2.07 bits per heavy atom. The summed E-state index contributed by atoms with van der Waals surface area (Å²) in [5.74, 6) is 1.19. The van der Waals surface area contributed by atoms with Crippen LogP contribution in [0.15, 0.2) is 58.9 Å². The van der Waals surface area contributed by atoms with Gasteiger partial charge >= 0.3 is 0 Å². The molecule has 0 amide bonds. The zero-order valence-electron chi connectivity index (χ0n) is 14.6. The van der Waals surface area contributed by atoms with Crippen molar-refractivity contribution in [2.24, 2.45) is 5.92 Å². The van der Waals surface area contributed by atoms with Crippen LogP contribution in [0.4, 0.5) is 10.3 Å². The van der Waals surface area contributed by atoms with Gasteiger partial charge < -0.3 is 9.73 Å². The highest BCUT2D eigenvalue weighted by atomic mass is 19.1. The molecule has 7 heteroatoms. The van der Waals surface area contributed by atoms with Crippen LogP contribution in [-0.2, 0) is 4.79 Å². The number of ketones is 1. The lowest BCUT2D eigenvalue weighted by molar-refractivity contribution is -0.123. The summed E-state index contributed by atoms with van der Waals surface area (Å²) in [4.78, 5) is 17.6. The van der Waals surface area contributed by atoms with Gasteiger partial charge in [-0.05, 0) is 36.8 Å². The third kappa shape index (κ3) is 2.58. The Hall–Kier alpha value is -3.22. The molecular formula is C20H17FN4O2. The number of allylic oxidation sites excluding steroid dienone is 2. The number of aromatic nitrogens is 3. The first-order valence-electron chi connectivity index (χ1n) is 8.83. The van der Waals surface area contributed by atoms with Crippen LogP contribution >= 0.6 is 0 Å². The van der Waals surface area contributed by atoms with Gasteiger partial charge in [0.2, 0.25) is 5.95 Å². The number of anilines is 1. The number of carbonyl (C=O) groups excluding carboxylic acids is 1. The Balaban J connectivity index is 1.65. The molecule has 1 N–H and O–H groups in total. The molecule has 3 heterocycles. The molecule has 1 aromatic carbocycles. The number of halogens is 1. The SMILES string of the molecule is Cc1nc2n(n1)[C@H](c1ccc(F)cc1)[C@H]1C(=O)C[C@H](c3ccco3)C=C1N2. The summed E-state index contributed by atoms with van der Waals surface area (Å²) < 4.78 is 20.7. The van der Waals surface area contributed by atoms with Gasteiger partial charge in [0.05, 0.1) is 18.2 Å². The number of hydrogen-bond acceptors (Lipinski definition) is 5. The van der Waals surface area contributed by atoms with E-state index < -0.39 is 5.92 Å². The molecule has 6 nitrogen and oxygen atoms in total. The number of nitrogens with zero attached hydrogens (tertiary/aromatic N) is 3. The van der Waals surface area contributed by atoms with Crippen LogP contribution in [0.3, 0.4) is 0 Å². The molecule has 0 saturated heterocycles. The molecule has 136 valence electrons. The molecular weight excluding hydrogens is 347 g/mol. The molecule has 1 aliphatic heterocycles. The number of rotatable bonds is 2. The van der Waals surface area contributed by atoms with Crippen molar-refractivity contribution in [2.45, 2.75) is 25.3 Å². The first kappa shape index (κ1) is 16.0. The van der Waals surface area contributed by atoms with Crippen LogP contribution in [0.25, 0.3) is 0 Å². The van der Waals surface area contributed by atoms with Gasteiger partial charge in [0.25, 0.3) is 0 Å². The van der Waals surface area contributed by atoms with E-state index in [1.165, 1.54) is 12.1 Å². The normalized spacial score (nSPS) is 24.0. The lowest BCUT2D eigenvalue weighted by Gasteiger charge is -2.37. The molecule has 1 aliphatic carbocycles. The summed E-state index contributed by atoms with van der Waals surface area (Å²) in [5, 5.41) is 7.74. The predicted molar refractivity (Wildman–Crippen MR) is 95.6 cm³/mol. The third-order valence-electron chi connectivity index (χ3n) is 5.18. The van der Waals surface area contributed by atoms with Crippen molar-refractivity contribution in [2.75, 3.05) is 5.32 Å². The second kappa shape index (κ2) is 5.90. The van der Waals surface area contributed by atoms with E-state index in [1.807, 2.05) is 18.2 Å². The van der Waals surface area contributed by atoms with Gasteiger partial charge in [-0.2, -0.15) is 10.1 Å². The van der Waals surface area contributed by atoms with Crippen LogP contribution < -0.4 is 5.32 Å². The highest BCUT2D eigenvalue weighted by Crippen LogP contribution is 2.44. The summed E-state index contributed by atoms with van der Waals surface area (Å²) in [6.45, 7) is 1.81. The first-order valence-corrected chi connectivity index (χ1v) is 8.83. The van der Waals surface area contributed by atoms with E-state index in [-0.39, 0.29) is 23.6 Å². The van der Waals surface area contributed by atoms with Gasteiger partial charge in [-0.25, -0.2) is 9.07 Å². The Kier molecular flexibility index (Phi) is 3.50. The molecule has 5 rings (SSSR count). The maximum absolute atomic E-state index is 13.4. The standard InChI is InChI=1S/C20H17FN4O2/c1-11-22-20-23-15-9-13(17-3-2-8-27-17)10-16(26)18(15)19(25(20)24-11)12-4-6-14(21)7-5-12/h2-9,13,18-19H,10H2,1H3,(H,22,23,24)/t13-,18-,19-/m1/s1. The molecule has 3 atom stereocenters. The molecule has 0 saturated carbocycles. The number of carbonyl (C=O) groups is 1. The van der Waals surface area contributed by atoms with Crippen molar-refractivity contribution in [1.82, 2.24) is 14.8 Å². The van der Waals surface area contributed by atoms with Crippen LogP contribution in [-0.4, -0.2) is 20.5 Å². The number of nitrogens with one attached hydrogen (secondary N) is 1. The summed E-state index contributed by atoms with van der Waals surface area (Å²) in [5.41, 5.74) is 1.62. The van der Waals surface area contributed by atoms with Crippen LogP contribution in [0, 0.1) is 18.7 Å². The lowest BCUT2D eigenvalue weighted by Crippen LogP contribution is -2.40. The van der Waals surface area contributed by atoms with E-state index in [2.05, 4.69) is 15.4 Å².